The van der Waals surface area contributed by atoms with Gasteiger partial charge in [0.2, 0.25) is 0 Å². The first-order valence-corrected chi connectivity index (χ1v) is 12.8. The molecule has 2 aromatic rings. The summed E-state index contributed by atoms with van der Waals surface area (Å²) >= 11 is 0. The molecule has 2 aromatic carbocycles. The van der Waals surface area contributed by atoms with Gasteiger partial charge in [0.1, 0.15) is 5.66 Å². The molecule has 1 saturated carbocycles. The zero-order chi connectivity index (χ0) is 23.1. The van der Waals surface area contributed by atoms with Gasteiger partial charge in [-0.1, -0.05) is 63.2 Å². The highest BCUT2D eigenvalue weighted by Crippen LogP contribution is 2.42. The Morgan fingerprint density at radius 2 is 1.55 bits per heavy atom. The predicted octanol–water partition coefficient (Wildman–Crippen LogP) is 5.83. The molecule has 5 rings (SSSR count). The third-order valence-corrected chi connectivity index (χ3v) is 8.55. The van der Waals surface area contributed by atoms with E-state index >= 15 is 0 Å². The molecule has 1 amide bonds. The Kier molecular flexibility index (Phi) is 5.98. The average Bonchev–Trinajstić information content (AvgIpc) is 2.83. The molecule has 4 heteroatoms. The van der Waals surface area contributed by atoms with E-state index in [0.717, 1.165) is 49.6 Å². The maximum Gasteiger partial charge on any atom is 0.255 e. The van der Waals surface area contributed by atoms with E-state index in [2.05, 4.69) is 78.4 Å². The molecule has 2 heterocycles. The van der Waals surface area contributed by atoms with Gasteiger partial charge in [0, 0.05) is 38.5 Å². The zero-order valence-corrected chi connectivity index (χ0v) is 20.5. The number of piperidine rings is 1. The standard InChI is InChI=1S/C29H39N3O/c1-28(2,3)23-13-15-24(16-14-23)31-19-17-29(18-20-31)30-27(33)25-11-7-8-12-26(25)32(29)21-22-9-5-4-6-10-22/h4-12,23-24H,13-21H2,1-3H3,(H,30,33). The maximum absolute atomic E-state index is 13.1. The van der Waals surface area contributed by atoms with Crippen molar-refractivity contribution in [2.45, 2.75) is 77.5 Å². The minimum atomic E-state index is -0.305. The van der Waals surface area contributed by atoms with Crippen LogP contribution >= 0.6 is 0 Å². The summed E-state index contributed by atoms with van der Waals surface area (Å²) in [5.74, 6) is 0.925. The second-order valence-corrected chi connectivity index (χ2v) is 11.5. The highest BCUT2D eigenvalue weighted by molar-refractivity contribution is 6.02. The molecular weight excluding hydrogens is 406 g/mol. The van der Waals surface area contributed by atoms with Crippen molar-refractivity contribution in [3.05, 3.63) is 65.7 Å². The number of carbonyl (C=O) groups excluding carboxylic acids is 1. The normalized spacial score (nSPS) is 25.5. The van der Waals surface area contributed by atoms with Crippen LogP contribution in [0.1, 0.15) is 75.2 Å². The van der Waals surface area contributed by atoms with Crippen molar-refractivity contribution in [2.24, 2.45) is 11.3 Å². The van der Waals surface area contributed by atoms with Crippen LogP contribution in [0.2, 0.25) is 0 Å². The lowest BCUT2D eigenvalue weighted by Gasteiger charge is -2.54. The van der Waals surface area contributed by atoms with Gasteiger partial charge in [0.15, 0.2) is 0 Å². The zero-order valence-electron chi connectivity index (χ0n) is 20.5. The molecule has 176 valence electrons. The van der Waals surface area contributed by atoms with Gasteiger partial charge in [-0.25, -0.2) is 0 Å². The lowest BCUT2D eigenvalue weighted by molar-refractivity contribution is 0.0477. The van der Waals surface area contributed by atoms with E-state index in [0.29, 0.717) is 11.5 Å². The number of para-hydroxylation sites is 1. The number of nitrogens with one attached hydrogen (secondary N) is 1. The van der Waals surface area contributed by atoms with E-state index in [9.17, 15) is 4.79 Å². The number of rotatable bonds is 3. The van der Waals surface area contributed by atoms with Gasteiger partial charge in [-0.05, 0) is 54.7 Å². The highest BCUT2D eigenvalue weighted by atomic mass is 16.2. The van der Waals surface area contributed by atoms with Crippen molar-refractivity contribution in [3.8, 4) is 0 Å². The minimum absolute atomic E-state index is 0.0778. The first kappa shape index (κ1) is 22.5. The van der Waals surface area contributed by atoms with E-state index in [-0.39, 0.29) is 11.6 Å². The first-order chi connectivity index (χ1) is 15.9. The summed E-state index contributed by atoms with van der Waals surface area (Å²) in [6, 6.07) is 19.5. The molecule has 1 saturated heterocycles. The van der Waals surface area contributed by atoms with Crippen molar-refractivity contribution in [1.29, 1.82) is 0 Å². The van der Waals surface area contributed by atoms with Gasteiger partial charge < -0.3 is 15.1 Å². The van der Waals surface area contributed by atoms with E-state index in [1.807, 2.05) is 12.1 Å². The molecule has 0 bridgehead atoms. The minimum Gasteiger partial charge on any atom is -0.344 e. The summed E-state index contributed by atoms with van der Waals surface area (Å²) in [6.45, 7) is 10.1. The van der Waals surface area contributed by atoms with Gasteiger partial charge in [-0.2, -0.15) is 0 Å². The van der Waals surface area contributed by atoms with Crippen molar-refractivity contribution >= 4 is 11.6 Å². The Hall–Kier alpha value is -2.33. The summed E-state index contributed by atoms with van der Waals surface area (Å²) in [7, 11) is 0. The van der Waals surface area contributed by atoms with Crippen molar-refractivity contribution < 1.29 is 4.79 Å². The van der Waals surface area contributed by atoms with Crippen LogP contribution in [0.25, 0.3) is 0 Å². The topological polar surface area (TPSA) is 35.6 Å². The molecule has 0 atom stereocenters. The van der Waals surface area contributed by atoms with Crippen LogP contribution in [0.3, 0.4) is 0 Å². The van der Waals surface area contributed by atoms with E-state index in [1.165, 1.54) is 31.2 Å². The van der Waals surface area contributed by atoms with Gasteiger partial charge in [-0.15, -0.1) is 0 Å². The van der Waals surface area contributed by atoms with Gasteiger partial charge in [0.05, 0.1) is 11.3 Å². The molecule has 0 aromatic heterocycles. The number of amides is 1. The molecule has 1 N–H and O–H groups in total. The number of anilines is 1. The SMILES string of the molecule is CC(C)(C)C1CCC(N2CCC3(CC2)NC(=O)c2ccccc2N3Cc2ccccc2)CC1. The van der Waals surface area contributed by atoms with Gasteiger partial charge in [-0.3, -0.25) is 4.79 Å². The van der Waals surface area contributed by atoms with Crippen molar-refractivity contribution in [2.75, 3.05) is 18.0 Å². The van der Waals surface area contributed by atoms with Crippen LogP contribution in [-0.4, -0.2) is 35.6 Å². The largest absolute Gasteiger partial charge is 0.344 e. The molecule has 1 aliphatic carbocycles. The monoisotopic (exact) mass is 445 g/mol. The summed E-state index contributed by atoms with van der Waals surface area (Å²) in [5.41, 5.74) is 3.27. The Labute approximate surface area is 199 Å². The maximum atomic E-state index is 13.1. The number of carbonyl (C=O) groups is 1. The summed E-state index contributed by atoms with van der Waals surface area (Å²) in [5, 5.41) is 3.47. The fraction of sp³-hybridized carbons (Fsp3) is 0.552. The lowest BCUT2D eigenvalue weighted by atomic mass is 9.71. The van der Waals surface area contributed by atoms with Crippen LogP contribution in [0.5, 0.6) is 0 Å². The van der Waals surface area contributed by atoms with E-state index in [4.69, 9.17) is 0 Å². The Morgan fingerprint density at radius 3 is 2.21 bits per heavy atom. The van der Waals surface area contributed by atoms with Crippen LogP contribution in [-0.2, 0) is 6.54 Å². The molecule has 0 radical (unpaired) electrons. The first-order valence-electron chi connectivity index (χ1n) is 12.8. The van der Waals surface area contributed by atoms with Gasteiger partial charge >= 0.3 is 0 Å². The molecule has 2 aliphatic heterocycles. The molecule has 33 heavy (non-hydrogen) atoms. The predicted molar refractivity (Wildman–Crippen MR) is 135 cm³/mol. The summed E-state index contributed by atoms with van der Waals surface area (Å²) in [6.07, 6.45) is 7.27. The molecule has 2 fully saturated rings. The third-order valence-electron chi connectivity index (χ3n) is 8.55. The second kappa shape index (κ2) is 8.79. The third kappa shape index (κ3) is 4.42. The Bertz CT molecular complexity index is 964. The van der Waals surface area contributed by atoms with Crippen molar-refractivity contribution in [1.82, 2.24) is 10.2 Å². The molecule has 1 spiro atoms. The average molecular weight is 446 g/mol. The molecule has 0 unspecified atom stereocenters. The number of likely N-dealkylation sites (tertiary alicyclic amines) is 1. The molecule has 3 aliphatic rings. The number of hydrogen-bond acceptors (Lipinski definition) is 3. The summed E-state index contributed by atoms with van der Waals surface area (Å²) in [4.78, 5) is 18.3. The molecule has 4 nitrogen and oxygen atoms in total. The highest BCUT2D eigenvalue weighted by Gasteiger charge is 2.46. The lowest BCUT2D eigenvalue weighted by Crippen LogP contribution is -2.68. The van der Waals surface area contributed by atoms with Crippen LogP contribution in [0, 0.1) is 11.3 Å². The van der Waals surface area contributed by atoms with Crippen LogP contribution in [0.15, 0.2) is 54.6 Å². The Morgan fingerprint density at radius 1 is 0.909 bits per heavy atom. The van der Waals surface area contributed by atoms with E-state index in [1.54, 1.807) is 0 Å². The number of benzene rings is 2. The number of fused-ring (bicyclic) bond motifs is 1. The summed E-state index contributed by atoms with van der Waals surface area (Å²) < 4.78 is 0. The number of hydrogen-bond donors (Lipinski definition) is 1. The van der Waals surface area contributed by atoms with Crippen molar-refractivity contribution in [3.63, 3.8) is 0 Å². The second-order valence-electron chi connectivity index (χ2n) is 11.5. The Balaban J connectivity index is 1.34. The van der Waals surface area contributed by atoms with Gasteiger partial charge in [0.25, 0.3) is 5.91 Å². The van der Waals surface area contributed by atoms with Crippen LogP contribution < -0.4 is 10.2 Å². The quantitative estimate of drug-likeness (QED) is 0.645. The number of nitrogens with zero attached hydrogens (tertiary/aromatic N) is 2. The fourth-order valence-electron chi connectivity index (χ4n) is 6.44. The molecular formula is C29H39N3O. The fourth-order valence-corrected chi connectivity index (χ4v) is 6.44. The van der Waals surface area contributed by atoms with Crippen LogP contribution in [0.4, 0.5) is 5.69 Å². The van der Waals surface area contributed by atoms with E-state index < -0.39 is 0 Å². The smallest absolute Gasteiger partial charge is 0.255 e.